The number of nitriles is 1. The smallest absolute Gasteiger partial charge is 0.120 e. The van der Waals surface area contributed by atoms with E-state index in [2.05, 4.69) is 25.1 Å². The zero-order chi connectivity index (χ0) is 12.8. The topological polar surface area (TPSA) is 27.0 Å². The monoisotopic (exact) mass is 238 g/mol. The van der Waals surface area contributed by atoms with Gasteiger partial charge in [-0.2, -0.15) is 5.26 Å². The molecule has 0 bridgehead atoms. The third-order valence-electron chi connectivity index (χ3n) is 3.15. The van der Waals surface area contributed by atoms with Crippen LogP contribution in [-0.2, 0) is 0 Å². The lowest BCUT2D eigenvalue weighted by atomic mass is 9.99. The maximum absolute atomic E-state index is 9.34. The van der Waals surface area contributed by atoms with Crippen molar-refractivity contribution in [2.24, 2.45) is 5.92 Å². The molecular formula is C16H18N2. The minimum absolute atomic E-state index is 0.481. The maximum Gasteiger partial charge on any atom is 0.120 e. The number of benzene rings is 1. The first-order valence-corrected chi connectivity index (χ1v) is 6.48. The van der Waals surface area contributed by atoms with Crippen molar-refractivity contribution in [3.05, 3.63) is 54.4 Å². The summed E-state index contributed by atoms with van der Waals surface area (Å²) in [4.78, 5) is 1.97. The van der Waals surface area contributed by atoms with Crippen molar-refractivity contribution in [1.82, 2.24) is 0 Å². The van der Waals surface area contributed by atoms with E-state index < -0.39 is 0 Å². The number of hydrogen-bond donors (Lipinski definition) is 0. The van der Waals surface area contributed by atoms with Crippen molar-refractivity contribution < 1.29 is 0 Å². The molecular weight excluding hydrogens is 220 g/mol. The molecule has 0 saturated carbocycles. The summed E-state index contributed by atoms with van der Waals surface area (Å²) in [7, 11) is 0. The van der Waals surface area contributed by atoms with Crippen molar-refractivity contribution in [2.45, 2.75) is 26.2 Å². The minimum Gasteiger partial charge on any atom is -0.309 e. The number of allylic oxidation sites excluding steroid dienone is 3. The number of para-hydroxylation sites is 1. The van der Waals surface area contributed by atoms with Gasteiger partial charge in [-0.25, -0.2) is 0 Å². The van der Waals surface area contributed by atoms with Gasteiger partial charge >= 0.3 is 0 Å². The number of anilines is 1. The van der Waals surface area contributed by atoms with Crippen LogP contribution in [0.3, 0.4) is 0 Å². The Balaban J connectivity index is 2.31. The molecule has 2 nitrogen and oxygen atoms in total. The molecule has 1 aliphatic rings. The second kappa shape index (κ2) is 6.07. The Morgan fingerprint density at radius 2 is 2.11 bits per heavy atom. The zero-order valence-electron chi connectivity index (χ0n) is 10.7. The summed E-state index contributed by atoms with van der Waals surface area (Å²) in [6.07, 6.45) is 9.59. The number of hydrogen-bond acceptors (Lipinski definition) is 2. The average molecular weight is 238 g/mol. The molecule has 0 amide bonds. The second-order valence-electron chi connectivity index (χ2n) is 4.54. The van der Waals surface area contributed by atoms with Crippen LogP contribution in [0.5, 0.6) is 0 Å². The van der Waals surface area contributed by atoms with Gasteiger partial charge in [-0.15, -0.1) is 0 Å². The van der Waals surface area contributed by atoms with Crippen LogP contribution in [0.2, 0.25) is 0 Å². The largest absolute Gasteiger partial charge is 0.309 e. The maximum atomic E-state index is 9.34. The van der Waals surface area contributed by atoms with Crippen molar-refractivity contribution in [2.75, 3.05) is 4.90 Å². The molecule has 0 spiro atoms. The second-order valence-corrected chi connectivity index (χ2v) is 4.54. The molecule has 1 unspecified atom stereocenters. The van der Waals surface area contributed by atoms with Gasteiger partial charge in [-0.05, 0) is 37.0 Å². The van der Waals surface area contributed by atoms with Gasteiger partial charge in [0.1, 0.15) is 11.8 Å². The van der Waals surface area contributed by atoms with Crippen LogP contribution in [0.1, 0.15) is 26.2 Å². The highest BCUT2D eigenvalue weighted by atomic mass is 15.1. The molecule has 2 heteroatoms. The zero-order valence-corrected chi connectivity index (χ0v) is 10.7. The Hall–Kier alpha value is -2.01. The van der Waals surface area contributed by atoms with Crippen LogP contribution in [0.15, 0.2) is 54.4 Å². The number of rotatable bonds is 3. The molecule has 0 radical (unpaired) electrons. The van der Waals surface area contributed by atoms with Gasteiger partial charge in [0.05, 0.1) is 0 Å². The van der Waals surface area contributed by atoms with Crippen LogP contribution < -0.4 is 4.90 Å². The lowest BCUT2D eigenvalue weighted by molar-refractivity contribution is 0.588. The standard InChI is InChI=1S/C16H18N2/c1-2-7-14-8-6-11-18(16(12-14)13-17)15-9-4-3-5-10-15/h3-6,9-12,14H,2,7-8H2,1H3. The first-order valence-electron chi connectivity index (χ1n) is 6.48. The molecule has 0 saturated heterocycles. The Morgan fingerprint density at radius 1 is 1.33 bits per heavy atom. The van der Waals surface area contributed by atoms with Crippen LogP contribution in [-0.4, -0.2) is 0 Å². The van der Waals surface area contributed by atoms with Crippen molar-refractivity contribution in [3.63, 3.8) is 0 Å². The van der Waals surface area contributed by atoms with E-state index in [1.54, 1.807) is 0 Å². The summed E-state index contributed by atoms with van der Waals surface area (Å²) in [5.41, 5.74) is 1.77. The molecule has 1 aliphatic heterocycles. The summed E-state index contributed by atoms with van der Waals surface area (Å²) in [5, 5.41) is 9.34. The van der Waals surface area contributed by atoms with Crippen LogP contribution in [0.25, 0.3) is 0 Å². The Morgan fingerprint density at radius 3 is 2.78 bits per heavy atom. The van der Waals surface area contributed by atoms with Crippen molar-refractivity contribution in [3.8, 4) is 6.07 Å². The van der Waals surface area contributed by atoms with Gasteiger partial charge in [0.2, 0.25) is 0 Å². The Bertz CT molecular complexity index is 480. The Kier molecular flexibility index (Phi) is 4.20. The van der Waals surface area contributed by atoms with E-state index in [0.717, 1.165) is 30.6 Å². The highest BCUT2D eigenvalue weighted by molar-refractivity contribution is 5.58. The average Bonchev–Trinajstić information content (AvgIpc) is 2.62. The van der Waals surface area contributed by atoms with Crippen molar-refractivity contribution >= 4 is 5.69 Å². The molecule has 18 heavy (non-hydrogen) atoms. The predicted octanol–water partition coefficient (Wildman–Crippen LogP) is 4.23. The molecule has 1 aromatic carbocycles. The van der Waals surface area contributed by atoms with Crippen LogP contribution in [0, 0.1) is 17.2 Å². The SMILES string of the molecule is CCCC1C=C(C#N)N(c2ccccc2)C=CC1. The van der Waals surface area contributed by atoms with Gasteiger partial charge in [0.25, 0.3) is 0 Å². The summed E-state index contributed by atoms with van der Waals surface area (Å²) >= 11 is 0. The highest BCUT2D eigenvalue weighted by Gasteiger charge is 2.14. The summed E-state index contributed by atoms with van der Waals surface area (Å²) in [6.45, 7) is 2.18. The van der Waals surface area contributed by atoms with Gasteiger partial charge in [0.15, 0.2) is 0 Å². The molecule has 1 atom stereocenters. The lowest BCUT2D eigenvalue weighted by Gasteiger charge is -2.18. The van der Waals surface area contributed by atoms with Crippen LogP contribution in [0.4, 0.5) is 5.69 Å². The molecule has 1 heterocycles. The fraction of sp³-hybridized carbons (Fsp3) is 0.312. The predicted molar refractivity (Wildman–Crippen MR) is 74.8 cm³/mol. The quantitative estimate of drug-likeness (QED) is 0.787. The van der Waals surface area contributed by atoms with E-state index in [1.165, 1.54) is 0 Å². The van der Waals surface area contributed by atoms with E-state index >= 15 is 0 Å². The van der Waals surface area contributed by atoms with Gasteiger partial charge in [-0.3, -0.25) is 0 Å². The fourth-order valence-electron chi connectivity index (χ4n) is 2.27. The molecule has 0 aromatic heterocycles. The van der Waals surface area contributed by atoms with Gasteiger partial charge < -0.3 is 4.90 Å². The molecule has 0 N–H and O–H groups in total. The molecule has 92 valence electrons. The first kappa shape index (κ1) is 12.4. The van der Waals surface area contributed by atoms with Crippen molar-refractivity contribution in [1.29, 1.82) is 5.26 Å². The first-order chi connectivity index (χ1) is 8.85. The molecule has 0 aliphatic carbocycles. The minimum atomic E-state index is 0.481. The molecule has 0 fully saturated rings. The van der Waals surface area contributed by atoms with E-state index in [1.807, 2.05) is 41.4 Å². The molecule has 2 rings (SSSR count). The summed E-state index contributed by atoms with van der Waals surface area (Å²) in [6, 6.07) is 12.3. The number of nitrogens with zero attached hydrogens (tertiary/aromatic N) is 2. The van der Waals surface area contributed by atoms with Gasteiger partial charge in [0, 0.05) is 11.9 Å². The van der Waals surface area contributed by atoms with Crippen LogP contribution >= 0.6 is 0 Å². The lowest BCUT2D eigenvalue weighted by Crippen LogP contribution is -2.13. The molecule has 1 aromatic rings. The van der Waals surface area contributed by atoms with E-state index in [0.29, 0.717) is 5.92 Å². The third kappa shape index (κ3) is 2.81. The fourth-order valence-corrected chi connectivity index (χ4v) is 2.27. The third-order valence-corrected chi connectivity index (χ3v) is 3.15. The van der Waals surface area contributed by atoms with Gasteiger partial charge in [-0.1, -0.05) is 37.6 Å². The van der Waals surface area contributed by atoms with E-state index in [-0.39, 0.29) is 0 Å². The normalized spacial score (nSPS) is 19.0. The van der Waals surface area contributed by atoms with E-state index in [9.17, 15) is 5.26 Å². The van der Waals surface area contributed by atoms with E-state index in [4.69, 9.17) is 0 Å². The summed E-state index contributed by atoms with van der Waals surface area (Å²) in [5.74, 6) is 0.481. The summed E-state index contributed by atoms with van der Waals surface area (Å²) < 4.78 is 0. The highest BCUT2D eigenvalue weighted by Crippen LogP contribution is 2.26. The Labute approximate surface area is 109 Å².